The van der Waals surface area contributed by atoms with E-state index in [2.05, 4.69) is 6.92 Å². The average molecular weight is 173 g/mol. The summed E-state index contributed by atoms with van der Waals surface area (Å²) < 4.78 is 1.37. The van der Waals surface area contributed by atoms with Crippen LogP contribution in [0, 0.1) is 0 Å². The van der Waals surface area contributed by atoms with Crippen LogP contribution in [0.15, 0.2) is 0 Å². The molecule has 0 aliphatic heterocycles. The molecule has 0 rings (SSSR count). The molecular weight excluding hydrogens is 164 g/mol. The largest absolute Gasteiger partial charge is 1.00 e. The summed E-state index contributed by atoms with van der Waals surface area (Å²) in [5.74, 6) is 0. The van der Waals surface area contributed by atoms with Crippen LogP contribution >= 0.6 is 0 Å². The first-order valence-electron chi connectivity index (χ1n) is 1.52. The van der Waals surface area contributed by atoms with Crippen molar-refractivity contribution in [2.24, 2.45) is 0 Å². The van der Waals surface area contributed by atoms with E-state index in [1.54, 1.807) is 0 Å². The zero-order valence-electron chi connectivity index (χ0n) is 3.86. The van der Waals surface area contributed by atoms with E-state index in [4.69, 9.17) is 0 Å². The minimum atomic E-state index is 0. The van der Waals surface area contributed by atoms with Crippen LogP contribution in [0.25, 0.3) is 0 Å². The van der Waals surface area contributed by atoms with Crippen LogP contribution in [-0.2, 0) is 0 Å². The minimum absolute atomic E-state index is 0. The minimum Gasteiger partial charge on any atom is 1.00 e. The smallest absolute Gasteiger partial charge is 1.00 e. The Morgan fingerprint density at radius 3 is 2.25 bits per heavy atom. The maximum atomic E-state index is 2.19. The second kappa shape index (κ2) is 3.79. The van der Waals surface area contributed by atoms with Crippen LogP contribution in [0.4, 0.5) is 0 Å². The molecule has 4 heavy (non-hydrogen) atoms. The zero-order chi connectivity index (χ0) is 3.41. The Morgan fingerprint density at radius 1 is 2.00 bits per heavy atom. The summed E-state index contributed by atoms with van der Waals surface area (Å²) in [5, 5.41) is 0. The molecule has 0 spiro atoms. The van der Waals surface area contributed by atoms with Gasteiger partial charge in [-0.15, -0.1) is 0 Å². The molecule has 0 aliphatic rings. The molecule has 0 atom stereocenters. The van der Waals surface area contributed by atoms with Crippen molar-refractivity contribution in [2.45, 2.75) is 17.8 Å². The summed E-state index contributed by atoms with van der Waals surface area (Å²) in [6.45, 7) is 2.19. The molecule has 0 amide bonds. The van der Waals surface area contributed by atoms with Crippen molar-refractivity contribution in [3.05, 3.63) is 0 Å². The van der Waals surface area contributed by atoms with Crippen LogP contribution in [0.3, 0.4) is 0 Å². The molecule has 1 heteroatoms. The van der Waals surface area contributed by atoms with Crippen LogP contribution in [0.1, 0.15) is 14.8 Å². The average Bonchev–Trinajstić information content (AvgIpc) is 1.37. The van der Waals surface area contributed by atoms with E-state index in [1.165, 1.54) is 10.9 Å². The van der Waals surface area contributed by atoms with E-state index in [0.29, 0.717) is 0 Å². The van der Waals surface area contributed by atoms with E-state index < -0.39 is 0 Å². The van der Waals surface area contributed by atoms with E-state index >= 15 is 0 Å². The molecule has 0 aromatic carbocycles. The summed E-state index contributed by atoms with van der Waals surface area (Å²) in [6.07, 6.45) is 1.34. The number of rotatable bonds is 1. The van der Waals surface area contributed by atoms with Gasteiger partial charge < -0.3 is 0 Å². The van der Waals surface area contributed by atoms with Crippen LogP contribution in [0.5, 0.6) is 0 Å². The van der Waals surface area contributed by atoms with Gasteiger partial charge in [-0.1, -0.05) is 0 Å². The van der Waals surface area contributed by atoms with Crippen molar-refractivity contribution in [3.8, 4) is 0 Å². The van der Waals surface area contributed by atoms with Crippen LogP contribution in [0.2, 0.25) is 4.47 Å². The number of hydrogen-bond acceptors (Lipinski definition) is 0. The zero-order valence-corrected chi connectivity index (χ0v) is 5.41. The van der Waals surface area contributed by atoms with Crippen LogP contribution < -0.4 is 0 Å². The van der Waals surface area contributed by atoms with Gasteiger partial charge in [-0.2, -0.15) is 0 Å². The summed E-state index contributed by atoms with van der Waals surface area (Å²) in [4.78, 5) is 0. The molecular formula is C3H9Te+. The second-order valence-corrected chi connectivity index (χ2v) is 2.00. The maximum absolute atomic E-state index is 2.19. The van der Waals surface area contributed by atoms with Crippen molar-refractivity contribution < 1.29 is 1.43 Å². The molecule has 0 nitrogen and oxygen atoms in total. The van der Waals surface area contributed by atoms with Gasteiger partial charge in [0.15, 0.2) is 0 Å². The topological polar surface area (TPSA) is 0 Å². The van der Waals surface area contributed by atoms with Gasteiger partial charge in [0.05, 0.1) is 0 Å². The Balaban J connectivity index is 0. The Labute approximate surface area is 42.0 Å². The molecule has 0 saturated carbocycles. The third-order valence-corrected chi connectivity index (χ3v) is 1.50. The van der Waals surface area contributed by atoms with Gasteiger partial charge in [-0.25, -0.2) is 0 Å². The third-order valence-electron chi connectivity index (χ3n) is 0.224. The van der Waals surface area contributed by atoms with Crippen molar-refractivity contribution >= 4 is 22.3 Å². The monoisotopic (exact) mass is 175 g/mol. The Bertz CT molecular complexity index is 8.85. The molecule has 0 aliphatic carbocycles. The van der Waals surface area contributed by atoms with Crippen LogP contribution in [-0.4, -0.2) is 22.3 Å². The fraction of sp³-hybridized carbons (Fsp3) is 1.00. The molecule has 0 radical (unpaired) electrons. The summed E-state index contributed by atoms with van der Waals surface area (Å²) in [7, 11) is 0. The molecule has 0 saturated heterocycles. The van der Waals surface area contributed by atoms with Gasteiger partial charge in [0, 0.05) is 0 Å². The molecule has 0 aromatic rings. The normalized spacial score (nSPS) is 7.50. The van der Waals surface area contributed by atoms with Crippen molar-refractivity contribution in [1.82, 2.24) is 0 Å². The van der Waals surface area contributed by atoms with Crippen molar-refractivity contribution in [1.29, 1.82) is 0 Å². The van der Waals surface area contributed by atoms with Crippen molar-refractivity contribution in [3.63, 3.8) is 0 Å². The second-order valence-electron chi connectivity index (χ2n) is 0.724. The molecule has 0 unspecified atom stereocenters. The number of hydrogen-bond donors (Lipinski definition) is 0. The third kappa shape index (κ3) is 2.79. The van der Waals surface area contributed by atoms with E-state index in [-0.39, 0.29) is 1.43 Å². The van der Waals surface area contributed by atoms with Gasteiger partial charge >= 0.3 is 41.5 Å². The molecule has 26 valence electrons. The predicted octanol–water partition coefficient (Wildman–Crippen LogP) is 0.828. The van der Waals surface area contributed by atoms with E-state index in [1.807, 2.05) is 22.3 Å². The predicted molar refractivity (Wildman–Crippen MR) is 23.4 cm³/mol. The summed E-state index contributed by atoms with van der Waals surface area (Å²) >= 11 is 1.90. The van der Waals surface area contributed by atoms with Crippen molar-refractivity contribution in [2.75, 3.05) is 0 Å². The quantitative estimate of drug-likeness (QED) is 0.514. The van der Waals surface area contributed by atoms with Gasteiger partial charge in [0.25, 0.3) is 0 Å². The first-order chi connectivity index (χ1) is 1.91. The van der Waals surface area contributed by atoms with Gasteiger partial charge in [-0.3, -0.25) is 0 Å². The maximum Gasteiger partial charge on any atom is 1.00 e. The molecule has 0 heterocycles. The summed E-state index contributed by atoms with van der Waals surface area (Å²) in [5.41, 5.74) is 0. The molecule has 0 bridgehead atoms. The van der Waals surface area contributed by atoms with Gasteiger partial charge in [0.1, 0.15) is 0 Å². The standard InChI is InChI=1S/C3H8Te/c1-2-3-4/h4H,2-3H2,1H3/p+1. The fourth-order valence-electron chi connectivity index (χ4n) is 0. The Hall–Kier alpha value is 0.790. The Kier molecular flexibility index (Phi) is 4.54. The SMILES string of the molecule is CCC[TeH].[H+]. The molecule has 0 aromatic heterocycles. The first kappa shape index (κ1) is 4.79. The van der Waals surface area contributed by atoms with E-state index in [0.717, 1.165) is 0 Å². The van der Waals surface area contributed by atoms with Gasteiger partial charge in [-0.05, 0) is 0 Å². The van der Waals surface area contributed by atoms with Gasteiger partial charge in [0.2, 0.25) is 0 Å². The summed E-state index contributed by atoms with van der Waals surface area (Å²) in [6, 6.07) is 0. The molecule has 0 fully saturated rings. The first-order valence-corrected chi connectivity index (χ1v) is 3.33. The Morgan fingerprint density at radius 2 is 2.25 bits per heavy atom. The fourth-order valence-corrected chi connectivity index (χ4v) is 0. The van der Waals surface area contributed by atoms with E-state index in [9.17, 15) is 0 Å². The molecule has 0 N–H and O–H groups in total.